The third-order valence-corrected chi connectivity index (χ3v) is 6.55. The molecule has 1 saturated heterocycles. The van der Waals surface area contributed by atoms with Gasteiger partial charge in [-0.25, -0.2) is 14.0 Å². The number of carbonyl (C=O) groups excluding carboxylic acids is 1. The van der Waals surface area contributed by atoms with E-state index in [4.69, 9.17) is 14.0 Å². The molecule has 7 atom stereocenters. The number of hydrogen-bond acceptors (Lipinski definition) is 10. The van der Waals surface area contributed by atoms with Crippen LogP contribution in [0.2, 0.25) is 0 Å². The van der Waals surface area contributed by atoms with Gasteiger partial charge in [0.15, 0.2) is 24.0 Å². The number of H-pyrrole nitrogens is 1. The Morgan fingerprint density at radius 2 is 2.03 bits per heavy atom. The SMILES string of the molecule is COC(=O)[C@H](C)/N=[P+](\[O-])OC(Oc1ccc(Br)cc1)[C@@H]1O[C@@H](n2ccc(=O)[nH]c2=O)[C@](C)(F)[C@@H]1O. The summed E-state index contributed by atoms with van der Waals surface area (Å²) in [5.74, 6) is -0.586. The van der Waals surface area contributed by atoms with Crippen LogP contribution in [0.1, 0.15) is 20.1 Å². The zero-order valence-electron chi connectivity index (χ0n) is 18.7. The standard InChI is InChI=1S/C20H22BrFN3O9P/c1-10(16(28)31-3)24-35(30)34-17(32-12-6-4-11(21)5-7-12)14-15(27)20(2,22)18(33-14)25-9-8-13(26)23-19(25)29/h4-10,14-15,17-18,27H,1-3H3,(H,23,26,29)/t10-,14+,15+,17?,18+,20+/m0/s1. The molecule has 12 nitrogen and oxygen atoms in total. The van der Waals surface area contributed by atoms with Crippen LogP contribution in [-0.2, 0) is 18.8 Å². The number of ether oxygens (including phenoxy) is 3. The van der Waals surface area contributed by atoms with Gasteiger partial charge in [0.2, 0.25) is 0 Å². The number of halogens is 2. The Balaban J connectivity index is 1.95. The van der Waals surface area contributed by atoms with Crippen LogP contribution in [0.3, 0.4) is 0 Å². The van der Waals surface area contributed by atoms with Crippen molar-refractivity contribution in [3.05, 3.63) is 61.8 Å². The molecule has 0 bridgehead atoms. The second-order valence-corrected chi connectivity index (χ2v) is 9.50. The van der Waals surface area contributed by atoms with Crippen molar-refractivity contribution >= 4 is 30.1 Å². The van der Waals surface area contributed by atoms with Gasteiger partial charge in [0.25, 0.3) is 11.8 Å². The largest absolute Gasteiger partial charge is 0.583 e. The van der Waals surface area contributed by atoms with Crippen LogP contribution >= 0.6 is 24.1 Å². The van der Waals surface area contributed by atoms with E-state index in [9.17, 15) is 24.4 Å². The van der Waals surface area contributed by atoms with E-state index in [-0.39, 0.29) is 5.75 Å². The Labute approximate surface area is 207 Å². The molecule has 2 unspecified atom stereocenters. The number of methoxy groups -OCH3 is 1. The Kier molecular flexibility index (Phi) is 8.57. The number of rotatable bonds is 8. The number of hydrogen-bond donors (Lipinski definition) is 2. The molecule has 2 N–H and O–H groups in total. The molecule has 1 aromatic heterocycles. The summed E-state index contributed by atoms with van der Waals surface area (Å²) >= 11 is 3.27. The Hall–Kier alpha value is -2.48. The molecule has 1 aliphatic heterocycles. The highest BCUT2D eigenvalue weighted by atomic mass is 79.9. The number of nitrogens with zero attached hydrogens (tertiary/aromatic N) is 2. The van der Waals surface area contributed by atoms with Gasteiger partial charge in [0.05, 0.1) is 7.11 Å². The number of aromatic nitrogens is 2. The van der Waals surface area contributed by atoms with Gasteiger partial charge in [-0.1, -0.05) is 20.7 Å². The quantitative estimate of drug-likeness (QED) is 0.265. The third kappa shape index (κ3) is 6.21. The minimum absolute atomic E-state index is 0.184. The van der Waals surface area contributed by atoms with Gasteiger partial charge in [-0.2, -0.15) is 0 Å². The first kappa shape index (κ1) is 27.1. The molecule has 3 rings (SSSR count). The van der Waals surface area contributed by atoms with Crippen LogP contribution in [0, 0.1) is 0 Å². The molecule has 0 saturated carbocycles. The fraction of sp³-hybridized carbons (Fsp3) is 0.450. The molecule has 2 aromatic rings. The molecule has 15 heteroatoms. The van der Waals surface area contributed by atoms with Crippen LogP contribution in [0.5, 0.6) is 5.75 Å². The molecule has 1 aromatic carbocycles. The first-order valence-electron chi connectivity index (χ1n) is 10.1. The lowest BCUT2D eigenvalue weighted by Crippen LogP contribution is -2.46. The van der Waals surface area contributed by atoms with Gasteiger partial charge in [-0.05, 0) is 38.1 Å². The molecule has 190 valence electrons. The van der Waals surface area contributed by atoms with E-state index in [1.165, 1.54) is 19.1 Å². The highest BCUT2D eigenvalue weighted by Gasteiger charge is 2.59. The molecule has 0 radical (unpaired) electrons. The van der Waals surface area contributed by atoms with Crippen molar-refractivity contribution < 1.29 is 37.9 Å². The van der Waals surface area contributed by atoms with Gasteiger partial charge < -0.3 is 24.2 Å². The van der Waals surface area contributed by atoms with E-state index >= 15 is 4.39 Å². The van der Waals surface area contributed by atoms with Crippen molar-refractivity contribution in [2.45, 2.75) is 50.3 Å². The molecule has 0 aliphatic carbocycles. The van der Waals surface area contributed by atoms with Crippen LogP contribution in [0.4, 0.5) is 4.39 Å². The monoisotopic (exact) mass is 577 g/mol. The highest BCUT2D eigenvalue weighted by molar-refractivity contribution is 9.10. The van der Waals surface area contributed by atoms with Crippen molar-refractivity contribution in [1.82, 2.24) is 9.55 Å². The fourth-order valence-corrected chi connectivity index (χ4v) is 4.29. The number of esters is 1. The van der Waals surface area contributed by atoms with Crippen LogP contribution < -0.4 is 20.9 Å². The summed E-state index contributed by atoms with van der Waals surface area (Å²) in [5, 5.41) is 10.8. The zero-order chi connectivity index (χ0) is 25.9. The number of aliphatic hydroxyl groups excluding tert-OH is 1. The summed E-state index contributed by atoms with van der Waals surface area (Å²) in [5.41, 5.74) is -4.25. The summed E-state index contributed by atoms with van der Waals surface area (Å²) in [7, 11) is -1.80. The van der Waals surface area contributed by atoms with E-state index in [0.717, 1.165) is 35.3 Å². The number of carbonyl (C=O) groups is 1. The third-order valence-electron chi connectivity index (χ3n) is 5.10. The molecule has 1 fully saturated rings. The van der Waals surface area contributed by atoms with Crippen molar-refractivity contribution in [1.29, 1.82) is 0 Å². The molecule has 1 aliphatic rings. The smallest absolute Gasteiger partial charge is 0.346 e. The predicted molar refractivity (Wildman–Crippen MR) is 121 cm³/mol. The Morgan fingerprint density at radius 3 is 2.63 bits per heavy atom. The fourth-order valence-electron chi connectivity index (χ4n) is 3.26. The minimum Gasteiger partial charge on any atom is -0.583 e. The molecular formula is C20H22BrFN3O9P. The number of aromatic amines is 1. The van der Waals surface area contributed by atoms with Crippen LogP contribution in [-0.4, -0.2) is 57.9 Å². The van der Waals surface area contributed by atoms with Crippen molar-refractivity contribution in [3.63, 3.8) is 0 Å². The van der Waals surface area contributed by atoms with Gasteiger partial charge in [0.1, 0.15) is 11.9 Å². The summed E-state index contributed by atoms with van der Waals surface area (Å²) in [6.07, 6.45) is -5.93. The average molecular weight is 578 g/mol. The summed E-state index contributed by atoms with van der Waals surface area (Å²) in [6, 6.07) is 6.12. The maximum absolute atomic E-state index is 15.6. The Morgan fingerprint density at radius 1 is 1.37 bits per heavy atom. The van der Waals surface area contributed by atoms with Crippen LogP contribution in [0.25, 0.3) is 0 Å². The minimum atomic E-state index is -2.93. The topological polar surface area (TPSA) is 164 Å². The second-order valence-electron chi connectivity index (χ2n) is 7.66. The molecule has 35 heavy (non-hydrogen) atoms. The summed E-state index contributed by atoms with van der Waals surface area (Å²) < 4.78 is 42.0. The number of aliphatic hydroxyl groups is 1. The van der Waals surface area contributed by atoms with Gasteiger partial charge >= 0.3 is 19.8 Å². The number of benzene rings is 1. The maximum Gasteiger partial charge on any atom is 0.346 e. The molecule has 2 heterocycles. The maximum atomic E-state index is 15.6. The highest BCUT2D eigenvalue weighted by Crippen LogP contribution is 2.43. The summed E-state index contributed by atoms with van der Waals surface area (Å²) in [6.45, 7) is 2.31. The van der Waals surface area contributed by atoms with Crippen molar-refractivity contribution in [2.24, 2.45) is 4.74 Å². The normalized spacial score (nSPS) is 26.3. The van der Waals surface area contributed by atoms with E-state index in [1.807, 2.05) is 4.98 Å². The lowest BCUT2D eigenvalue weighted by molar-refractivity contribution is -0.206. The molecule has 0 amide bonds. The van der Waals surface area contributed by atoms with E-state index in [2.05, 4.69) is 25.4 Å². The summed E-state index contributed by atoms with van der Waals surface area (Å²) in [4.78, 5) is 49.7. The lowest BCUT2D eigenvalue weighted by atomic mass is 9.98. The first-order valence-corrected chi connectivity index (χ1v) is 12.0. The zero-order valence-corrected chi connectivity index (χ0v) is 21.1. The van der Waals surface area contributed by atoms with Crippen LogP contribution in [0.15, 0.2) is 55.3 Å². The predicted octanol–water partition coefficient (Wildman–Crippen LogP) is 1.12. The van der Waals surface area contributed by atoms with Gasteiger partial charge in [-0.15, -0.1) is 4.52 Å². The average Bonchev–Trinajstić information content (AvgIpc) is 3.03. The number of nitrogens with one attached hydrogen (secondary N) is 1. The van der Waals surface area contributed by atoms with E-state index < -0.39 is 61.8 Å². The lowest BCUT2D eigenvalue weighted by Gasteiger charge is -2.25. The molecule has 0 spiro atoms. The molecular weight excluding hydrogens is 556 g/mol. The van der Waals surface area contributed by atoms with Crippen molar-refractivity contribution in [2.75, 3.05) is 7.11 Å². The van der Waals surface area contributed by atoms with Gasteiger partial charge in [-0.3, -0.25) is 14.3 Å². The van der Waals surface area contributed by atoms with E-state index in [1.54, 1.807) is 12.1 Å². The van der Waals surface area contributed by atoms with E-state index in [0.29, 0.717) is 0 Å². The number of alkyl halides is 1. The first-order chi connectivity index (χ1) is 16.4. The Bertz CT molecular complexity index is 1200. The second kappa shape index (κ2) is 11.1. The van der Waals surface area contributed by atoms with Gasteiger partial charge in [0, 0.05) is 16.7 Å². The van der Waals surface area contributed by atoms with Crippen molar-refractivity contribution in [3.8, 4) is 5.75 Å².